The van der Waals surface area contributed by atoms with E-state index in [-0.39, 0.29) is 11.6 Å². The van der Waals surface area contributed by atoms with Gasteiger partial charge in [0.2, 0.25) is 0 Å². The minimum atomic E-state index is 0.0821. The van der Waals surface area contributed by atoms with Gasteiger partial charge in [0.15, 0.2) is 4.77 Å². The van der Waals surface area contributed by atoms with Crippen LogP contribution in [0.4, 0.5) is 0 Å². The molecule has 20 heavy (non-hydrogen) atoms. The largest absolute Gasteiger partial charge is 0.379 e. The number of nitrogens with zero attached hydrogens (tertiary/aromatic N) is 1. The van der Waals surface area contributed by atoms with Gasteiger partial charge in [0, 0.05) is 11.5 Å². The van der Waals surface area contributed by atoms with Crippen LogP contribution >= 0.6 is 23.6 Å². The molecule has 4 nitrogen and oxygen atoms in total. The summed E-state index contributed by atoms with van der Waals surface area (Å²) in [5, 5.41) is 0.877. The molecule has 0 aromatic carbocycles. The average Bonchev–Trinajstić information content (AvgIpc) is 2.99. The Bertz CT molecular complexity index is 781. The van der Waals surface area contributed by atoms with Crippen molar-refractivity contribution in [2.75, 3.05) is 13.2 Å². The molecule has 6 heteroatoms. The molecule has 1 aliphatic heterocycles. The van der Waals surface area contributed by atoms with Gasteiger partial charge in [-0.15, -0.1) is 11.3 Å². The van der Waals surface area contributed by atoms with Crippen LogP contribution in [-0.4, -0.2) is 22.8 Å². The monoisotopic (exact) mass is 308 g/mol. The predicted molar refractivity (Wildman–Crippen MR) is 82.4 cm³/mol. The number of hydrogen-bond donors (Lipinski definition) is 1. The highest BCUT2D eigenvalue weighted by atomic mass is 32.1. The van der Waals surface area contributed by atoms with E-state index >= 15 is 0 Å². The third kappa shape index (κ3) is 1.82. The summed E-state index contributed by atoms with van der Waals surface area (Å²) in [5.41, 5.74) is 1.34. The second-order valence-corrected chi connectivity index (χ2v) is 7.03. The summed E-state index contributed by atoms with van der Waals surface area (Å²) in [5.74, 6) is 0. The van der Waals surface area contributed by atoms with Crippen LogP contribution in [0.1, 0.15) is 35.7 Å². The van der Waals surface area contributed by atoms with Crippen LogP contribution < -0.4 is 5.56 Å². The zero-order chi connectivity index (χ0) is 13.7. The van der Waals surface area contributed by atoms with Gasteiger partial charge >= 0.3 is 0 Å². The third-order valence-electron chi connectivity index (χ3n) is 4.29. The number of ether oxygens (including phenoxy) is 1. The van der Waals surface area contributed by atoms with Crippen LogP contribution in [0.5, 0.6) is 0 Å². The first-order valence-corrected chi connectivity index (χ1v) is 8.35. The van der Waals surface area contributed by atoms with E-state index in [0.29, 0.717) is 11.4 Å². The van der Waals surface area contributed by atoms with Crippen molar-refractivity contribution in [2.24, 2.45) is 0 Å². The topological polar surface area (TPSA) is 47.0 Å². The Morgan fingerprint density at radius 1 is 1.35 bits per heavy atom. The van der Waals surface area contributed by atoms with Crippen LogP contribution in [0.3, 0.4) is 0 Å². The van der Waals surface area contributed by atoms with Crippen LogP contribution in [0.2, 0.25) is 0 Å². The molecular formula is C14H16N2O2S2. The van der Waals surface area contributed by atoms with Gasteiger partial charge in [-0.25, -0.2) is 0 Å². The Labute approximate surface area is 125 Å². The van der Waals surface area contributed by atoms with E-state index in [1.807, 2.05) is 0 Å². The van der Waals surface area contributed by atoms with E-state index in [1.54, 1.807) is 15.9 Å². The fourth-order valence-corrected chi connectivity index (χ4v) is 5.03. The average molecular weight is 308 g/mol. The smallest absolute Gasteiger partial charge is 0.263 e. The van der Waals surface area contributed by atoms with Crippen molar-refractivity contribution >= 4 is 33.8 Å². The Morgan fingerprint density at radius 2 is 2.25 bits per heavy atom. The van der Waals surface area contributed by atoms with Gasteiger partial charge in [-0.05, 0) is 49.9 Å². The first-order chi connectivity index (χ1) is 9.75. The summed E-state index contributed by atoms with van der Waals surface area (Å²) in [6.45, 7) is 1.38. The molecule has 0 bridgehead atoms. The number of aryl methyl sites for hydroxylation is 2. The molecule has 1 fully saturated rings. The minimum Gasteiger partial charge on any atom is -0.379 e. The molecule has 0 radical (unpaired) electrons. The molecule has 1 N–H and O–H groups in total. The molecule has 0 saturated carbocycles. The number of rotatable bonds is 1. The highest BCUT2D eigenvalue weighted by molar-refractivity contribution is 7.71. The van der Waals surface area contributed by atoms with Crippen molar-refractivity contribution in [3.05, 3.63) is 25.6 Å². The zero-order valence-electron chi connectivity index (χ0n) is 11.1. The predicted octanol–water partition coefficient (Wildman–Crippen LogP) is 2.96. The molecule has 1 unspecified atom stereocenters. The highest BCUT2D eigenvalue weighted by Crippen LogP contribution is 2.35. The molecule has 3 heterocycles. The third-order valence-corrected chi connectivity index (χ3v) is 5.80. The molecule has 2 aromatic heterocycles. The van der Waals surface area contributed by atoms with Crippen LogP contribution in [-0.2, 0) is 17.6 Å². The number of H-pyrrole nitrogens is 1. The molecule has 4 rings (SSSR count). The summed E-state index contributed by atoms with van der Waals surface area (Å²) >= 11 is 7.12. The zero-order valence-corrected chi connectivity index (χ0v) is 12.7. The normalized spacial score (nSPS) is 22.3. The maximum Gasteiger partial charge on any atom is 0.263 e. The lowest BCUT2D eigenvalue weighted by Crippen LogP contribution is -2.31. The maximum atomic E-state index is 12.9. The van der Waals surface area contributed by atoms with Crippen molar-refractivity contribution in [3.63, 3.8) is 0 Å². The highest BCUT2D eigenvalue weighted by Gasteiger charge is 2.24. The first-order valence-electron chi connectivity index (χ1n) is 7.12. The number of aromatic nitrogens is 2. The van der Waals surface area contributed by atoms with Crippen molar-refractivity contribution < 1.29 is 4.74 Å². The first kappa shape index (κ1) is 12.7. The van der Waals surface area contributed by atoms with Gasteiger partial charge in [0.05, 0.1) is 18.0 Å². The SMILES string of the molecule is O=c1c2c3c(sc2[nH]c(=S)n1C1CCCOC1)CCC3. The Kier molecular flexibility index (Phi) is 3.05. The molecule has 1 saturated heterocycles. The lowest BCUT2D eigenvalue weighted by molar-refractivity contribution is 0.0573. The van der Waals surface area contributed by atoms with Gasteiger partial charge < -0.3 is 9.72 Å². The fourth-order valence-electron chi connectivity index (χ4n) is 3.35. The summed E-state index contributed by atoms with van der Waals surface area (Å²) in [7, 11) is 0. The number of thiophene rings is 1. The number of aromatic amines is 1. The lowest BCUT2D eigenvalue weighted by atomic mass is 10.1. The number of fused-ring (bicyclic) bond motifs is 3. The van der Waals surface area contributed by atoms with Gasteiger partial charge in [-0.3, -0.25) is 9.36 Å². The Hall–Kier alpha value is -0.980. The van der Waals surface area contributed by atoms with E-state index in [0.717, 1.165) is 42.5 Å². The molecule has 0 amide bonds. The van der Waals surface area contributed by atoms with Crippen molar-refractivity contribution in [1.82, 2.24) is 9.55 Å². The van der Waals surface area contributed by atoms with Gasteiger partial charge in [-0.1, -0.05) is 0 Å². The van der Waals surface area contributed by atoms with Gasteiger partial charge in [0.25, 0.3) is 5.56 Å². The lowest BCUT2D eigenvalue weighted by Gasteiger charge is -2.24. The maximum absolute atomic E-state index is 12.9. The van der Waals surface area contributed by atoms with E-state index in [4.69, 9.17) is 17.0 Å². The standard InChI is InChI=1S/C14H16N2O2S2/c17-13-11-9-4-1-5-10(9)20-12(11)15-14(19)16(13)8-3-2-6-18-7-8/h8H,1-7H2,(H,15,19). The Morgan fingerprint density at radius 3 is 3.05 bits per heavy atom. The molecule has 106 valence electrons. The molecule has 2 aliphatic rings. The van der Waals surface area contributed by atoms with Crippen LogP contribution in [0.25, 0.3) is 10.2 Å². The second-order valence-electron chi connectivity index (χ2n) is 5.54. The molecule has 1 atom stereocenters. The summed E-state index contributed by atoms with van der Waals surface area (Å²) < 4.78 is 7.81. The van der Waals surface area contributed by atoms with E-state index in [1.165, 1.54) is 16.9 Å². The van der Waals surface area contributed by atoms with Crippen molar-refractivity contribution in [3.8, 4) is 0 Å². The summed E-state index contributed by atoms with van der Waals surface area (Å²) in [6, 6.07) is 0.0846. The quantitative estimate of drug-likeness (QED) is 0.824. The fraction of sp³-hybridized carbons (Fsp3) is 0.571. The minimum absolute atomic E-state index is 0.0821. The van der Waals surface area contributed by atoms with Gasteiger partial charge in [-0.2, -0.15) is 0 Å². The number of nitrogens with one attached hydrogen (secondary N) is 1. The van der Waals surface area contributed by atoms with Crippen LogP contribution in [0.15, 0.2) is 4.79 Å². The summed E-state index contributed by atoms with van der Waals surface area (Å²) in [4.78, 5) is 18.5. The molecule has 1 aliphatic carbocycles. The van der Waals surface area contributed by atoms with E-state index in [9.17, 15) is 4.79 Å². The van der Waals surface area contributed by atoms with Crippen LogP contribution in [0, 0.1) is 4.77 Å². The van der Waals surface area contributed by atoms with Crippen molar-refractivity contribution in [1.29, 1.82) is 0 Å². The second kappa shape index (κ2) is 4.79. The molecule has 0 spiro atoms. The number of hydrogen-bond acceptors (Lipinski definition) is 4. The molecular weight excluding hydrogens is 292 g/mol. The molecule has 2 aromatic rings. The summed E-state index contributed by atoms with van der Waals surface area (Å²) in [6.07, 6.45) is 5.25. The van der Waals surface area contributed by atoms with E-state index in [2.05, 4.69) is 4.98 Å². The van der Waals surface area contributed by atoms with E-state index < -0.39 is 0 Å². The van der Waals surface area contributed by atoms with Gasteiger partial charge in [0.1, 0.15) is 4.83 Å². The van der Waals surface area contributed by atoms with Crippen molar-refractivity contribution in [2.45, 2.75) is 38.1 Å². The Balaban J connectivity index is 1.97.